The van der Waals surface area contributed by atoms with E-state index in [0.29, 0.717) is 11.4 Å². The van der Waals surface area contributed by atoms with E-state index in [2.05, 4.69) is 15.2 Å². The minimum absolute atomic E-state index is 0.00929. The lowest BCUT2D eigenvalue weighted by atomic mass is 9.94. The number of rotatable bonds is 3. The average molecular weight is 300 g/mol. The van der Waals surface area contributed by atoms with Gasteiger partial charge in [0.05, 0.1) is 5.69 Å². The van der Waals surface area contributed by atoms with Gasteiger partial charge in [-0.1, -0.05) is 31.2 Å². The van der Waals surface area contributed by atoms with Crippen molar-refractivity contribution in [1.82, 2.24) is 15.2 Å². The van der Waals surface area contributed by atoms with Crippen LogP contribution in [0.2, 0.25) is 0 Å². The monoisotopic (exact) mass is 300 g/mol. The number of nitrogen functional groups attached to an aromatic ring is 1. The van der Waals surface area contributed by atoms with E-state index in [-0.39, 0.29) is 11.5 Å². The topological polar surface area (TPSA) is 67.6 Å². The van der Waals surface area contributed by atoms with Crippen LogP contribution in [0, 0.1) is 11.9 Å². The van der Waals surface area contributed by atoms with Gasteiger partial charge in [-0.25, -0.2) is 0 Å². The number of nitrogens with two attached hydrogens (primary N) is 1. The molecular weight excluding hydrogens is 286 g/mol. The van der Waals surface area contributed by atoms with Gasteiger partial charge in [-0.05, 0) is 23.3 Å². The molecule has 0 amide bonds. The van der Waals surface area contributed by atoms with E-state index in [1.807, 2.05) is 25.1 Å². The summed E-state index contributed by atoms with van der Waals surface area (Å²) in [5.74, 6) is -1.18. The summed E-state index contributed by atoms with van der Waals surface area (Å²) in [6.45, 7) is 1.98. The Balaban J connectivity index is 1.99. The van der Waals surface area contributed by atoms with E-state index in [1.54, 1.807) is 12.1 Å². The molecule has 0 saturated heterocycles. The Labute approximate surface area is 126 Å². The maximum atomic E-state index is 13.8. The average Bonchev–Trinajstić information content (AvgIpc) is 2.93. The summed E-state index contributed by atoms with van der Waals surface area (Å²) in [5, 5.41) is 6.83. The molecule has 112 valence electrons. The molecule has 0 aliphatic carbocycles. The maximum absolute atomic E-state index is 13.8. The van der Waals surface area contributed by atoms with Crippen LogP contribution in [0.25, 0.3) is 11.1 Å². The van der Waals surface area contributed by atoms with Crippen LogP contribution in [0.5, 0.6) is 0 Å². The molecule has 4 nitrogen and oxygen atoms in total. The van der Waals surface area contributed by atoms with Gasteiger partial charge in [0.15, 0.2) is 0 Å². The third-order valence-electron chi connectivity index (χ3n) is 3.57. The number of aromatic amines is 1. The highest BCUT2D eigenvalue weighted by molar-refractivity contribution is 5.64. The molecular formula is C16H14F2N4. The van der Waals surface area contributed by atoms with Gasteiger partial charge in [-0.2, -0.15) is 18.9 Å². The lowest BCUT2D eigenvalue weighted by Gasteiger charge is -2.11. The van der Waals surface area contributed by atoms with Crippen LogP contribution in [0.4, 0.5) is 14.6 Å². The Morgan fingerprint density at radius 3 is 2.64 bits per heavy atom. The largest absolute Gasteiger partial charge is 0.384 e. The first-order chi connectivity index (χ1) is 10.5. The van der Waals surface area contributed by atoms with Crippen LogP contribution in [0.1, 0.15) is 24.1 Å². The van der Waals surface area contributed by atoms with Gasteiger partial charge >= 0.3 is 0 Å². The zero-order valence-corrected chi connectivity index (χ0v) is 11.8. The highest BCUT2D eigenvalue weighted by Crippen LogP contribution is 2.28. The van der Waals surface area contributed by atoms with Crippen LogP contribution >= 0.6 is 0 Å². The molecule has 22 heavy (non-hydrogen) atoms. The molecule has 3 N–H and O–H groups in total. The maximum Gasteiger partial charge on any atom is 0.223 e. The number of aromatic nitrogens is 3. The molecule has 0 radical (unpaired) electrons. The number of pyridine rings is 1. The van der Waals surface area contributed by atoms with Crippen molar-refractivity contribution in [2.75, 3.05) is 5.73 Å². The van der Waals surface area contributed by atoms with Crippen molar-refractivity contribution < 1.29 is 8.78 Å². The molecule has 3 aromatic rings. The number of hydrogen-bond donors (Lipinski definition) is 2. The van der Waals surface area contributed by atoms with E-state index in [1.165, 1.54) is 6.07 Å². The molecule has 6 heteroatoms. The SMILES string of the molecule is CC(c1cccc(-c2ccc(F)nc2F)c1)c1cc(N)[nH]n1. The highest BCUT2D eigenvalue weighted by Gasteiger charge is 2.14. The summed E-state index contributed by atoms with van der Waals surface area (Å²) in [7, 11) is 0. The molecule has 1 atom stereocenters. The lowest BCUT2D eigenvalue weighted by molar-refractivity contribution is 0.515. The predicted octanol–water partition coefficient (Wildman–Crippen LogP) is 3.48. The number of anilines is 1. The number of halogens is 2. The summed E-state index contributed by atoms with van der Waals surface area (Å²) in [6.07, 6.45) is 0. The van der Waals surface area contributed by atoms with Crippen molar-refractivity contribution in [2.45, 2.75) is 12.8 Å². The van der Waals surface area contributed by atoms with Crippen LogP contribution in [0.3, 0.4) is 0 Å². The van der Waals surface area contributed by atoms with Crippen molar-refractivity contribution in [3.05, 3.63) is 65.6 Å². The van der Waals surface area contributed by atoms with Gasteiger partial charge in [0.2, 0.25) is 11.9 Å². The van der Waals surface area contributed by atoms with Crippen LogP contribution in [-0.2, 0) is 0 Å². The van der Waals surface area contributed by atoms with E-state index >= 15 is 0 Å². The lowest BCUT2D eigenvalue weighted by Crippen LogP contribution is -1.98. The third-order valence-corrected chi connectivity index (χ3v) is 3.57. The van der Waals surface area contributed by atoms with Crippen molar-refractivity contribution in [1.29, 1.82) is 0 Å². The molecule has 2 heterocycles. The third kappa shape index (κ3) is 2.67. The number of benzene rings is 1. The van der Waals surface area contributed by atoms with Crippen LogP contribution in [-0.4, -0.2) is 15.2 Å². The summed E-state index contributed by atoms with van der Waals surface area (Å²) >= 11 is 0. The minimum atomic E-state index is -0.835. The molecule has 1 unspecified atom stereocenters. The van der Waals surface area contributed by atoms with Crippen LogP contribution in [0.15, 0.2) is 42.5 Å². The first kappa shape index (κ1) is 14.2. The van der Waals surface area contributed by atoms with E-state index in [4.69, 9.17) is 5.73 Å². The Bertz CT molecular complexity index is 813. The molecule has 0 saturated carbocycles. The van der Waals surface area contributed by atoms with Gasteiger partial charge < -0.3 is 5.73 Å². The summed E-state index contributed by atoms with van der Waals surface area (Å²) < 4.78 is 26.7. The molecule has 0 aliphatic heterocycles. The second kappa shape index (κ2) is 5.55. The van der Waals surface area contributed by atoms with E-state index in [0.717, 1.165) is 17.3 Å². The van der Waals surface area contributed by atoms with Gasteiger partial charge in [-0.15, -0.1) is 0 Å². The van der Waals surface area contributed by atoms with E-state index in [9.17, 15) is 8.78 Å². The fourth-order valence-corrected chi connectivity index (χ4v) is 2.35. The molecule has 0 bridgehead atoms. The Morgan fingerprint density at radius 2 is 1.95 bits per heavy atom. The van der Waals surface area contributed by atoms with Gasteiger partial charge in [0.25, 0.3) is 0 Å². The zero-order valence-electron chi connectivity index (χ0n) is 11.8. The number of H-pyrrole nitrogens is 1. The first-order valence-electron chi connectivity index (χ1n) is 6.78. The number of nitrogens with zero attached hydrogens (tertiary/aromatic N) is 2. The van der Waals surface area contributed by atoms with Crippen molar-refractivity contribution in [3.8, 4) is 11.1 Å². The van der Waals surface area contributed by atoms with Gasteiger partial charge in [-0.3, -0.25) is 5.10 Å². The summed E-state index contributed by atoms with van der Waals surface area (Å²) in [4.78, 5) is 3.22. The Morgan fingerprint density at radius 1 is 1.14 bits per heavy atom. The first-order valence-corrected chi connectivity index (χ1v) is 6.78. The smallest absolute Gasteiger partial charge is 0.223 e. The van der Waals surface area contributed by atoms with Gasteiger partial charge in [0, 0.05) is 17.5 Å². The molecule has 1 aromatic carbocycles. The summed E-state index contributed by atoms with van der Waals surface area (Å²) in [5.41, 5.74) is 8.29. The Hall–Kier alpha value is -2.76. The van der Waals surface area contributed by atoms with Crippen LogP contribution < -0.4 is 5.73 Å². The standard InChI is InChI=1S/C16H14F2N4/c1-9(13-8-15(19)22-21-13)10-3-2-4-11(7-10)12-5-6-14(17)20-16(12)18/h2-9H,1H3,(H3,19,21,22). The molecule has 0 spiro atoms. The number of nitrogens with one attached hydrogen (secondary N) is 1. The van der Waals surface area contributed by atoms with Crippen molar-refractivity contribution in [3.63, 3.8) is 0 Å². The quantitative estimate of drug-likeness (QED) is 0.728. The highest BCUT2D eigenvalue weighted by atomic mass is 19.1. The number of hydrogen-bond acceptors (Lipinski definition) is 3. The van der Waals surface area contributed by atoms with Gasteiger partial charge in [0.1, 0.15) is 5.82 Å². The molecule has 3 rings (SSSR count). The van der Waals surface area contributed by atoms with E-state index < -0.39 is 11.9 Å². The normalized spacial score (nSPS) is 12.3. The Kier molecular flexibility index (Phi) is 3.58. The summed E-state index contributed by atoms with van der Waals surface area (Å²) in [6, 6.07) is 11.6. The molecule has 0 aliphatic rings. The fraction of sp³-hybridized carbons (Fsp3) is 0.125. The second-order valence-corrected chi connectivity index (χ2v) is 5.07. The van der Waals surface area contributed by atoms with Crippen molar-refractivity contribution in [2.24, 2.45) is 0 Å². The molecule has 2 aromatic heterocycles. The molecule has 0 fully saturated rings. The second-order valence-electron chi connectivity index (χ2n) is 5.07. The minimum Gasteiger partial charge on any atom is -0.384 e. The van der Waals surface area contributed by atoms with Crippen molar-refractivity contribution >= 4 is 5.82 Å². The zero-order chi connectivity index (χ0) is 15.7. The predicted molar refractivity (Wildman–Crippen MR) is 80.1 cm³/mol. The fourth-order valence-electron chi connectivity index (χ4n) is 2.35.